The number of nitrogens with one attached hydrogen (secondary N) is 2. The van der Waals surface area contributed by atoms with E-state index in [4.69, 9.17) is 0 Å². The first-order chi connectivity index (χ1) is 10.8. The van der Waals surface area contributed by atoms with E-state index < -0.39 is 18.8 Å². The zero-order valence-electron chi connectivity index (χ0n) is 12.4. The zero-order valence-corrected chi connectivity index (χ0v) is 12.4. The average Bonchev–Trinajstić information content (AvgIpc) is 3.03. The maximum Gasteiger partial charge on any atom is 0.408 e. The summed E-state index contributed by atoms with van der Waals surface area (Å²) in [6, 6.07) is 1.22. The van der Waals surface area contributed by atoms with Gasteiger partial charge in [-0.1, -0.05) is 0 Å². The van der Waals surface area contributed by atoms with Crippen LogP contribution >= 0.6 is 0 Å². The van der Waals surface area contributed by atoms with Crippen molar-refractivity contribution < 1.29 is 18.0 Å². The number of hydrogen-bond acceptors (Lipinski definition) is 3. The van der Waals surface area contributed by atoms with Crippen LogP contribution in [-0.2, 0) is 13.0 Å². The van der Waals surface area contributed by atoms with E-state index in [2.05, 4.69) is 20.6 Å². The van der Waals surface area contributed by atoms with Gasteiger partial charge < -0.3 is 5.32 Å². The maximum atomic E-state index is 12.5. The summed E-state index contributed by atoms with van der Waals surface area (Å²) in [5, 5.41) is 13.4. The molecule has 0 spiro atoms. The van der Waals surface area contributed by atoms with Crippen LogP contribution in [0.25, 0.3) is 0 Å². The second-order valence-electron chi connectivity index (χ2n) is 5.71. The third kappa shape index (κ3) is 3.54. The Bertz CT molecular complexity index is 718. The van der Waals surface area contributed by atoms with Crippen LogP contribution in [0.5, 0.6) is 0 Å². The number of fused-ring (bicyclic) bond motifs is 1. The van der Waals surface area contributed by atoms with E-state index in [0.717, 1.165) is 22.4 Å². The SMILES string of the molecule is Cc1cc(C(=O)N[C@H]2CCCc3cn(CC(F)(F)F)nc32)n[nH]1. The van der Waals surface area contributed by atoms with Crippen LogP contribution < -0.4 is 5.32 Å². The van der Waals surface area contributed by atoms with Crippen LogP contribution in [0.15, 0.2) is 12.3 Å². The number of aromatic amines is 1. The van der Waals surface area contributed by atoms with E-state index in [1.165, 1.54) is 6.20 Å². The predicted octanol–water partition coefficient (Wildman–Crippen LogP) is 2.28. The molecule has 0 fully saturated rings. The van der Waals surface area contributed by atoms with Crippen molar-refractivity contribution in [2.45, 2.75) is 44.9 Å². The van der Waals surface area contributed by atoms with Gasteiger partial charge in [0.25, 0.3) is 5.91 Å². The minimum atomic E-state index is -4.32. The molecule has 124 valence electrons. The highest BCUT2D eigenvalue weighted by Crippen LogP contribution is 2.29. The second-order valence-corrected chi connectivity index (χ2v) is 5.71. The highest BCUT2D eigenvalue weighted by molar-refractivity contribution is 5.92. The Morgan fingerprint density at radius 2 is 2.30 bits per heavy atom. The maximum absolute atomic E-state index is 12.5. The molecule has 0 unspecified atom stereocenters. The molecule has 2 N–H and O–H groups in total. The molecule has 6 nitrogen and oxygen atoms in total. The molecule has 0 aromatic carbocycles. The third-order valence-corrected chi connectivity index (χ3v) is 3.72. The van der Waals surface area contributed by atoms with E-state index in [9.17, 15) is 18.0 Å². The monoisotopic (exact) mass is 327 g/mol. The molecule has 0 radical (unpaired) electrons. The Morgan fingerprint density at radius 1 is 1.52 bits per heavy atom. The summed E-state index contributed by atoms with van der Waals surface area (Å²) >= 11 is 0. The van der Waals surface area contributed by atoms with Gasteiger partial charge in [0, 0.05) is 11.9 Å². The molecule has 23 heavy (non-hydrogen) atoms. The van der Waals surface area contributed by atoms with Crippen LogP contribution in [0.2, 0.25) is 0 Å². The number of aromatic nitrogens is 4. The largest absolute Gasteiger partial charge is 0.408 e. The zero-order chi connectivity index (χ0) is 16.6. The molecular formula is C14H16F3N5O. The van der Waals surface area contributed by atoms with Crippen LogP contribution in [0.3, 0.4) is 0 Å². The lowest BCUT2D eigenvalue weighted by atomic mass is 9.93. The lowest BCUT2D eigenvalue weighted by molar-refractivity contribution is -0.142. The first-order valence-corrected chi connectivity index (χ1v) is 7.28. The second kappa shape index (κ2) is 5.71. The fourth-order valence-electron chi connectivity index (χ4n) is 2.77. The van der Waals surface area contributed by atoms with Gasteiger partial charge in [-0.2, -0.15) is 23.4 Å². The highest BCUT2D eigenvalue weighted by Gasteiger charge is 2.31. The quantitative estimate of drug-likeness (QED) is 0.908. The average molecular weight is 327 g/mol. The summed E-state index contributed by atoms with van der Waals surface area (Å²) in [5.74, 6) is -0.363. The fourth-order valence-corrected chi connectivity index (χ4v) is 2.77. The Labute approximate surface area is 130 Å². The summed E-state index contributed by atoms with van der Waals surface area (Å²) in [7, 11) is 0. The van der Waals surface area contributed by atoms with Crippen LogP contribution in [0, 0.1) is 6.92 Å². The van der Waals surface area contributed by atoms with Crippen molar-refractivity contribution in [3.63, 3.8) is 0 Å². The number of H-pyrrole nitrogens is 1. The molecule has 1 aliphatic rings. The van der Waals surface area contributed by atoms with Crippen LogP contribution in [0.1, 0.15) is 46.3 Å². The number of carbonyl (C=O) groups is 1. The molecular weight excluding hydrogens is 311 g/mol. The van der Waals surface area contributed by atoms with E-state index in [-0.39, 0.29) is 11.6 Å². The van der Waals surface area contributed by atoms with Crippen molar-refractivity contribution in [3.8, 4) is 0 Å². The molecule has 2 aromatic rings. The van der Waals surface area contributed by atoms with Crippen molar-refractivity contribution in [1.29, 1.82) is 0 Å². The van der Waals surface area contributed by atoms with E-state index in [1.807, 2.05) is 0 Å². The Balaban J connectivity index is 1.77. The Kier molecular flexibility index (Phi) is 3.87. The molecule has 0 saturated heterocycles. The molecule has 1 aliphatic carbocycles. The van der Waals surface area contributed by atoms with Gasteiger partial charge in [0.15, 0.2) is 0 Å². The number of carbonyl (C=O) groups excluding carboxylic acids is 1. The van der Waals surface area contributed by atoms with E-state index >= 15 is 0 Å². The number of alkyl halides is 3. The number of aryl methyl sites for hydroxylation is 2. The fraction of sp³-hybridized carbons (Fsp3) is 0.500. The van der Waals surface area contributed by atoms with Crippen LogP contribution in [-0.4, -0.2) is 32.1 Å². The molecule has 9 heteroatoms. The number of halogens is 3. The molecule has 0 bridgehead atoms. The number of hydrogen-bond donors (Lipinski definition) is 2. The van der Waals surface area contributed by atoms with E-state index in [0.29, 0.717) is 18.5 Å². The smallest absolute Gasteiger partial charge is 0.342 e. The van der Waals surface area contributed by atoms with Gasteiger partial charge in [-0.05, 0) is 37.8 Å². The van der Waals surface area contributed by atoms with Gasteiger partial charge in [0.2, 0.25) is 0 Å². The molecule has 1 atom stereocenters. The minimum Gasteiger partial charge on any atom is -0.342 e. The summed E-state index contributed by atoms with van der Waals surface area (Å²) in [6.45, 7) is 0.653. The van der Waals surface area contributed by atoms with Crippen molar-refractivity contribution >= 4 is 5.91 Å². The molecule has 2 heterocycles. The van der Waals surface area contributed by atoms with Crippen molar-refractivity contribution in [1.82, 2.24) is 25.3 Å². The van der Waals surface area contributed by atoms with Gasteiger partial charge in [-0.3, -0.25) is 14.6 Å². The number of amides is 1. The molecule has 1 amide bonds. The lowest BCUT2D eigenvalue weighted by Crippen LogP contribution is -2.31. The molecule has 2 aromatic heterocycles. The minimum absolute atomic E-state index is 0.254. The van der Waals surface area contributed by atoms with Gasteiger partial charge >= 0.3 is 6.18 Å². The van der Waals surface area contributed by atoms with Crippen molar-refractivity contribution in [3.05, 3.63) is 34.9 Å². The van der Waals surface area contributed by atoms with Gasteiger partial charge in [0.05, 0.1) is 11.7 Å². The first kappa shape index (κ1) is 15.6. The van der Waals surface area contributed by atoms with Crippen molar-refractivity contribution in [2.24, 2.45) is 0 Å². The predicted molar refractivity (Wildman–Crippen MR) is 74.8 cm³/mol. The van der Waals surface area contributed by atoms with Gasteiger partial charge in [-0.25, -0.2) is 0 Å². The first-order valence-electron chi connectivity index (χ1n) is 7.28. The lowest BCUT2D eigenvalue weighted by Gasteiger charge is -2.21. The van der Waals surface area contributed by atoms with E-state index in [1.54, 1.807) is 13.0 Å². The normalized spacial score (nSPS) is 17.8. The summed E-state index contributed by atoms with van der Waals surface area (Å²) in [4.78, 5) is 12.2. The summed E-state index contributed by atoms with van der Waals surface area (Å²) in [5.41, 5.74) is 2.28. The van der Waals surface area contributed by atoms with Gasteiger partial charge in [-0.15, -0.1) is 0 Å². The number of rotatable bonds is 3. The topological polar surface area (TPSA) is 75.6 Å². The summed E-state index contributed by atoms with van der Waals surface area (Å²) < 4.78 is 38.4. The van der Waals surface area contributed by atoms with Crippen LogP contribution in [0.4, 0.5) is 13.2 Å². The summed E-state index contributed by atoms with van der Waals surface area (Å²) in [6.07, 6.45) is -0.804. The third-order valence-electron chi connectivity index (χ3n) is 3.72. The molecule has 0 saturated carbocycles. The Hall–Kier alpha value is -2.32. The Morgan fingerprint density at radius 3 is 2.96 bits per heavy atom. The number of nitrogens with zero attached hydrogens (tertiary/aromatic N) is 3. The molecule has 0 aliphatic heterocycles. The van der Waals surface area contributed by atoms with Crippen molar-refractivity contribution in [2.75, 3.05) is 0 Å². The van der Waals surface area contributed by atoms with Gasteiger partial charge in [0.1, 0.15) is 12.2 Å². The highest BCUT2D eigenvalue weighted by atomic mass is 19.4. The molecule has 3 rings (SSSR count). The standard InChI is InChI=1S/C14H16F3N5O/c1-8-5-11(20-19-8)13(23)18-10-4-2-3-9-6-22(21-12(9)10)7-14(15,16)17/h5-6,10H,2-4,7H2,1H3,(H,18,23)(H,19,20)/t10-/m0/s1.